The van der Waals surface area contributed by atoms with Gasteiger partial charge in [-0.3, -0.25) is 0 Å². The van der Waals surface area contributed by atoms with Gasteiger partial charge in [-0.25, -0.2) is 0 Å². The van der Waals surface area contributed by atoms with Gasteiger partial charge in [0, 0.05) is 10.8 Å². The Morgan fingerprint density at radius 3 is 1.29 bits per heavy atom. The summed E-state index contributed by atoms with van der Waals surface area (Å²) in [4.78, 5) is 0. The first-order valence-electron chi connectivity index (χ1n) is 9.25. The molecular formula is C24H26Cl2N2. The Labute approximate surface area is 177 Å². The summed E-state index contributed by atoms with van der Waals surface area (Å²) in [6.45, 7) is 8.78. The highest BCUT2D eigenvalue weighted by molar-refractivity contribution is 6.33. The third-order valence-electron chi connectivity index (χ3n) is 5.75. The Kier molecular flexibility index (Phi) is 5.40. The van der Waals surface area contributed by atoms with Gasteiger partial charge in [0.1, 0.15) is 0 Å². The molecule has 3 rings (SSSR count). The molecule has 0 heterocycles. The van der Waals surface area contributed by atoms with Gasteiger partial charge in [0.25, 0.3) is 0 Å². The van der Waals surface area contributed by atoms with Gasteiger partial charge in [0.15, 0.2) is 0 Å². The van der Waals surface area contributed by atoms with Crippen molar-refractivity contribution < 1.29 is 0 Å². The van der Waals surface area contributed by atoms with Crippen LogP contribution in [0.25, 0.3) is 0 Å². The fourth-order valence-corrected chi connectivity index (χ4v) is 3.82. The summed E-state index contributed by atoms with van der Waals surface area (Å²) in [7, 11) is 0. The van der Waals surface area contributed by atoms with Crippen LogP contribution in [-0.2, 0) is 10.8 Å². The van der Waals surface area contributed by atoms with Gasteiger partial charge >= 0.3 is 0 Å². The van der Waals surface area contributed by atoms with E-state index in [1.54, 1.807) is 0 Å². The number of nitrogen functional groups attached to an aromatic ring is 2. The molecule has 0 saturated carbocycles. The number of halogens is 2. The van der Waals surface area contributed by atoms with Crippen molar-refractivity contribution in [2.75, 3.05) is 11.5 Å². The summed E-state index contributed by atoms with van der Waals surface area (Å²) in [5.41, 5.74) is 17.2. The first-order chi connectivity index (χ1) is 13.0. The van der Waals surface area contributed by atoms with Crippen molar-refractivity contribution in [3.8, 4) is 0 Å². The molecule has 0 saturated heterocycles. The molecule has 0 atom stereocenters. The van der Waals surface area contributed by atoms with Crippen LogP contribution in [0, 0.1) is 0 Å². The van der Waals surface area contributed by atoms with E-state index >= 15 is 0 Å². The third kappa shape index (κ3) is 3.72. The summed E-state index contributed by atoms with van der Waals surface area (Å²) in [5.74, 6) is 0. The first kappa shape index (κ1) is 20.6. The van der Waals surface area contributed by atoms with Crippen LogP contribution in [0.5, 0.6) is 0 Å². The molecule has 0 aliphatic carbocycles. The molecule has 3 aromatic carbocycles. The highest BCUT2D eigenvalue weighted by Crippen LogP contribution is 2.39. The van der Waals surface area contributed by atoms with Crippen LogP contribution in [0.2, 0.25) is 10.0 Å². The molecule has 0 aliphatic heterocycles. The second kappa shape index (κ2) is 7.35. The minimum Gasteiger partial charge on any atom is -0.398 e. The van der Waals surface area contributed by atoms with Crippen molar-refractivity contribution >= 4 is 34.6 Å². The lowest BCUT2D eigenvalue weighted by molar-refractivity contribution is 0.617. The molecule has 28 heavy (non-hydrogen) atoms. The Morgan fingerprint density at radius 2 is 0.929 bits per heavy atom. The largest absolute Gasteiger partial charge is 0.398 e. The number of hydrogen-bond acceptors (Lipinski definition) is 2. The summed E-state index contributed by atoms with van der Waals surface area (Å²) in [6.07, 6.45) is 0. The topological polar surface area (TPSA) is 52.0 Å². The fraction of sp³-hybridized carbons (Fsp3) is 0.250. The molecular weight excluding hydrogens is 387 g/mol. The van der Waals surface area contributed by atoms with E-state index in [2.05, 4.69) is 52.0 Å². The average molecular weight is 413 g/mol. The Bertz CT molecular complexity index is 944. The SMILES string of the molecule is CC(C)(c1cccc(C(C)(C)c2ccc(N)c(Cl)c2)c1)c1ccc(N)c(Cl)c1. The number of rotatable bonds is 4. The van der Waals surface area contributed by atoms with E-state index in [1.807, 2.05) is 36.4 Å². The van der Waals surface area contributed by atoms with Gasteiger partial charge in [-0.15, -0.1) is 0 Å². The lowest BCUT2D eigenvalue weighted by atomic mass is 9.73. The predicted molar refractivity (Wildman–Crippen MR) is 122 cm³/mol. The van der Waals surface area contributed by atoms with Crippen molar-refractivity contribution in [3.05, 3.63) is 93.0 Å². The van der Waals surface area contributed by atoms with Crippen LogP contribution in [0.15, 0.2) is 60.7 Å². The van der Waals surface area contributed by atoms with Gasteiger partial charge in [-0.2, -0.15) is 0 Å². The Hall–Kier alpha value is -2.16. The first-order valence-corrected chi connectivity index (χ1v) is 10.0. The van der Waals surface area contributed by atoms with Gasteiger partial charge in [-0.1, -0.05) is 87.3 Å². The molecule has 0 radical (unpaired) electrons. The zero-order valence-corrected chi connectivity index (χ0v) is 18.2. The van der Waals surface area contributed by atoms with E-state index in [9.17, 15) is 0 Å². The maximum atomic E-state index is 6.27. The zero-order chi connectivity index (χ0) is 20.7. The smallest absolute Gasteiger partial charge is 0.0638 e. The van der Waals surface area contributed by atoms with Crippen LogP contribution < -0.4 is 11.5 Å². The molecule has 146 valence electrons. The molecule has 4 N–H and O–H groups in total. The molecule has 0 fully saturated rings. The number of hydrogen-bond donors (Lipinski definition) is 2. The molecule has 0 aromatic heterocycles. The lowest BCUT2D eigenvalue weighted by Gasteiger charge is -2.31. The number of anilines is 2. The van der Waals surface area contributed by atoms with Crippen LogP contribution in [0.4, 0.5) is 11.4 Å². The summed E-state index contributed by atoms with van der Waals surface area (Å²) < 4.78 is 0. The third-order valence-corrected chi connectivity index (χ3v) is 6.40. The minimum atomic E-state index is -0.220. The van der Waals surface area contributed by atoms with Gasteiger partial charge < -0.3 is 11.5 Å². The molecule has 0 aliphatic rings. The lowest BCUT2D eigenvalue weighted by Crippen LogP contribution is -2.23. The summed E-state index contributed by atoms with van der Waals surface area (Å²) in [6, 6.07) is 20.4. The van der Waals surface area contributed by atoms with E-state index in [0.29, 0.717) is 21.4 Å². The molecule has 3 aromatic rings. The van der Waals surface area contributed by atoms with Crippen molar-refractivity contribution in [1.29, 1.82) is 0 Å². The second-order valence-electron chi connectivity index (χ2n) is 8.30. The quantitative estimate of drug-likeness (QED) is 0.462. The minimum absolute atomic E-state index is 0.220. The molecule has 4 heteroatoms. The maximum Gasteiger partial charge on any atom is 0.0638 e. The Balaban J connectivity index is 2.05. The summed E-state index contributed by atoms with van der Waals surface area (Å²) >= 11 is 12.5. The average Bonchev–Trinajstić information content (AvgIpc) is 2.66. The molecule has 0 spiro atoms. The Morgan fingerprint density at radius 1 is 0.571 bits per heavy atom. The standard InChI is InChI=1S/C24H26Cl2N2/c1-23(2,17-8-10-21(27)19(25)13-17)15-6-5-7-16(12-15)24(3,4)18-9-11-22(28)20(26)14-18/h5-14H,27-28H2,1-4H3. The predicted octanol–water partition coefficient (Wildman–Crippen LogP) is 6.81. The fourth-order valence-electron chi connectivity index (χ4n) is 3.46. The molecule has 0 amide bonds. The highest BCUT2D eigenvalue weighted by Gasteiger charge is 2.28. The van der Waals surface area contributed by atoms with Crippen molar-refractivity contribution in [2.24, 2.45) is 0 Å². The van der Waals surface area contributed by atoms with Crippen molar-refractivity contribution in [3.63, 3.8) is 0 Å². The van der Waals surface area contributed by atoms with Crippen LogP contribution in [0.1, 0.15) is 49.9 Å². The van der Waals surface area contributed by atoms with Crippen molar-refractivity contribution in [1.82, 2.24) is 0 Å². The van der Waals surface area contributed by atoms with E-state index in [0.717, 1.165) is 11.1 Å². The van der Waals surface area contributed by atoms with Gasteiger partial charge in [-0.05, 0) is 46.5 Å². The van der Waals surface area contributed by atoms with E-state index in [-0.39, 0.29) is 10.8 Å². The molecule has 0 bridgehead atoms. The normalized spacial score (nSPS) is 12.2. The number of nitrogens with two attached hydrogens (primary N) is 2. The number of benzene rings is 3. The van der Waals surface area contributed by atoms with Gasteiger partial charge in [0.2, 0.25) is 0 Å². The summed E-state index contributed by atoms with van der Waals surface area (Å²) in [5, 5.41) is 1.16. The van der Waals surface area contributed by atoms with E-state index in [1.165, 1.54) is 11.1 Å². The van der Waals surface area contributed by atoms with Gasteiger partial charge in [0.05, 0.1) is 21.4 Å². The van der Waals surface area contributed by atoms with Crippen LogP contribution in [0.3, 0.4) is 0 Å². The van der Waals surface area contributed by atoms with E-state index < -0.39 is 0 Å². The van der Waals surface area contributed by atoms with Crippen LogP contribution >= 0.6 is 23.2 Å². The van der Waals surface area contributed by atoms with Crippen molar-refractivity contribution in [2.45, 2.75) is 38.5 Å². The molecule has 2 nitrogen and oxygen atoms in total. The zero-order valence-electron chi connectivity index (χ0n) is 16.7. The van der Waals surface area contributed by atoms with Crippen LogP contribution in [-0.4, -0.2) is 0 Å². The molecule has 0 unspecified atom stereocenters. The second-order valence-corrected chi connectivity index (χ2v) is 9.12. The monoisotopic (exact) mass is 412 g/mol. The van der Waals surface area contributed by atoms with E-state index in [4.69, 9.17) is 34.7 Å². The highest BCUT2D eigenvalue weighted by atomic mass is 35.5. The maximum absolute atomic E-state index is 6.27.